The molecule has 3 N–H and O–H groups in total. The average Bonchev–Trinajstić information content (AvgIpc) is 2.97. The highest BCUT2D eigenvalue weighted by Gasteiger charge is 2.42. The fourth-order valence-corrected chi connectivity index (χ4v) is 3.30. The third kappa shape index (κ3) is 1.91. The molecule has 18 heavy (non-hydrogen) atoms. The summed E-state index contributed by atoms with van der Waals surface area (Å²) in [6, 6.07) is 7.21. The van der Waals surface area contributed by atoms with E-state index in [-0.39, 0.29) is 0 Å². The summed E-state index contributed by atoms with van der Waals surface area (Å²) in [6.07, 6.45) is 1.26. The number of hydrogen-bond acceptors (Lipinski definition) is 3. The van der Waals surface area contributed by atoms with Crippen molar-refractivity contribution in [3.05, 3.63) is 29.3 Å². The maximum Gasteiger partial charge on any atom is 0.0383 e. The van der Waals surface area contributed by atoms with Gasteiger partial charge in [-0.3, -0.25) is 0 Å². The van der Waals surface area contributed by atoms with E-state index in [1.807, 2.05) is 0 Å². The van der Waals surface area contributed by atoms with Crippen molar-refractivity contribution in [2.24, 2.45) is 0 Å². The van der Waals surface area contributed by atoms with Gasteiger partial charge in [0.25, 0.3) is 0 Å². The molecule has 3 heteroatoms. The van der Waals surface area contributed by atoms with Crippen molar-refractivity contribution in [1.82, 2.24) is 10.6 Å². The van der Waals surface area contributed by atoms with E-state index < -0.39 is 0 Å². The van der Waals surface area contributed by atoms with E-state index in [1.54, 1.807) is 5.56 Å². The Kier molecular flexibility index (Phi) is 3.04. The predicted molar refractivity (Wildman–Crippen MR) is 76.1 cm³/mol. The van der Waals surface area contributed by atoms with Crippen LogP contribution in [-0.4, -0.2) is 25.7 Å². The van der Waals surface area contributed by atoms with Gasteiger partial charge in [0.2, 0.25) is 0 Å². The lowest BCUT2D eigenvalue weighted by molar-refractivity contribution is 0.509. The van der Waals surface area contributed by atoms with Crippen molar-refractivity contribution in [1.29, 1.82) is 0 Å². The summed E-state index contributed by atoms with van der Waals surface area (Å²) in [5.74, 6) is 0. The monoisotopic (exact) mass is 245 g/mol. The largest absolute Gasteiger partial charge is 0.384 e. The first kappa shape index (κ1) is 12.0. The van der Waals surface area contributed by atoms with Crippen LogP contribution in [0.15, 0.2) is 18.2 Å². The van der Waals surface area contributed by atoms with Crippen LogP contribution in [0, 0.1) is 0 Å². The lowest BCUT2D eigenvalue weighted by Crippen LogP contribution is -2.33. The molecule has 2 heterocycles. The molecular formula is C15H23N3. The van der Waals surface area contributed by atoms with Gasteiger partial charge in [0, 0.05) is 36.8 Å². The van der Waals surface area contributed by atoms with Gasteiger partial charge in [-0.2, -0.15) is 0 Å². The molecule has 0 bridgehead atoms. The Bertz CT molecular complexity index is 433. The van der Waals surface area contributed by atoms with E-state index in [0.717, 1.165) is 26.2 Å². The minimum absolute atomic E-state index is 0.338. The summed E-state index contributed by atoms with van der Waals surface area (Å²) in [7, 11) is 0. The van der Waals surface area contributed by atoms with Gasteiger partial charge in [-0.15, -0.1) is 0 Å². The molecule has 1 saturated heterocycles. The molecule has 1 aromatic rings. The van der Waals surface area contributed by atoms with Crippen LogP contribution in [0.25, 0.3) is 0 Å². The Labute approximate surface area is 109 Å². The van der Waals surface area contributed by atoms with Crippen molar-refractivity contribution in [3.8, 4) is 0 Å². The number of anilines is 1. The van der Waals surface area contributed by atoms with Gasteiger partial charge >= 0.3 is 0 Å². The Morgan fingerprint density at radius 1 is 1.33 bits per heavy atom. The second kappa shape index (κ2) is 4.56. The van der Waals surface area contributed by atoms with Crippen LogP contribution < -0.4 is 16.0 Å². The van der Waals surface area contributed by atoms with Crippen LogP contribution >= 0.6 is 0 Å². The zero-order valence-electron chi connectivity index (χ0n) is 11.3. The smallest absolute Gasteiger partial charge is 0.0383 e. The number of nitrogens with one attached hydrogen (secondary N) is 3. The summed E-state index contributed by atoms with van der Waals surface area (Å²) in [4.78, 5) is 0. The lowest BCUT2D eigenvalue weighted by atomic mass is 9.79. The minimum atomic E-state index is 0.338. The Hall–Kier alpha value is -1.06. The van der Waals surface area contributed by atoms with Crippen LogP contribution in [-0.2, 0) is 12.0 Å². The summed E-state index contributed by atoms with van der Waals surface area (Å²) >= 11 is 0. The highest BCUT2D eigenvalue weighted by Crippen LogP contribution is 2.42. The number of benzene rings is 1. The fourth-order valence-electron chi connectivity index (χ4n) is 3.30. The molecule has 0 radical (unpaired) electrons. The SMILES string of the molecule is CC(C)NCc1cccc2c1[C@@]1(CCNC1)CN2. The van der Waals surface area contributed by atoms with Crippen molar-refractivity contribution >= 4 is 5.69 Å². The van der Waals surface area contributed by atoms with Gasteiger partial charge in [-0.05, 0) is 30.2 Å². The maximum absolute atomic E-state index is 3.59. The van der Waals surface area contributed by atoms with Gasteiger partial charge in [0.05, 0.1) is 0 Å². The van der Waals surface area contributed by atoms with Crippen LogP contribution in [0.1, 0.15) is 31.4 Å². The van der Waals surface area contributed by atoms with E-state index in [4.69, 9.17) is 0 Å². The molecule has 0 unspecified atom stereocenters. The van der Waals surface area contributed by atoms with Crippen molar-refractivity contribution < 1.29 is 0 Å². The maximum atomic E-state index is 3.59. The number of hydrogen-bond donors (Lipinski definition) is 3. The Morgan fingerprint density at radius 3 is 2.94 bits per heavy atom. The molecule has 3 nitrogen and oxygen atoms in total. The molecule has 3 rings (SSSR count). The van der Waals surface area contributed by atoms with Crippen molar-refractivity contribution in [2.45, 2.75) is 38.3 Å². The van der Waals surface area contributed by atoms with Crippen LogP contribution in [0.5, 0.6) is 0 Å². The van der Waals surface area contributed by atoms with Crippen LogP contribution in [0.4, 0.5) is 5.69 Å². The van der Waals surface area contributed by atoms with Crippen LogP contribution in [0.2, 0.25) is 0 Å². The average molecular weight is 245 g/mol. The van der Waals surface area contributed by atoms with Gasteiger partial charge in [0.15, 0.2) is 0 Å². The zero-order chi connectivity index (χ0) is 12.6. The molecule has 0 aliphatic carbocycles. The van der Waals surface area contributed by atoms with E-state index in [2.05, 4.69) is 48.0 Å². The Balaban J connectivity index is 1.94. The molecule has 0 saturated carbocycles. The molecule has 1 atom stereocenters. The molecule has 1 fully saturated rings. The third-order valence-corrected chi connectivity index (χ3v) is 4.24. The van der Waals surface area contributed by atoms with Crippen molar-refractivity contribution in [3.63, 3.8) is 0 Å². The third-order valence-electron chi connectivity index (χ3n) is 4.24. The summed E-state index contributed by atoms with van der Waals surface area (Å²) in [5, 5.41) is 10.7. The first-order valence-electron chi connectivity index (χ1n) is 7.02. The quantitative estimate of drug-likeness (QED) is 0.760. The first-order valence-corrected chi connectivity index (χ1v) is 7.02. The minimum Gasteiger partial charge on any atom is -0.384 e. The molecule has 2 aliphatic heterocycles. The van der Waals surface area contributed by atoms with Gasteiger partial charge < -0.3 is 16.0 Å². The molecular weight excluding hydrogens is 222 g/mol. The molecule has 2 aliphatic rings. The second-order valence-corrected chi connectivity index (χ2v) is 5.94. The van der Waals surface area contributed by atoms with Crippen molar-refractivity contribution in [2.75, 3.05) is 25.0 Å². The van der Waals surface area contributed by atoms with E-state index in [1.165, 1.54) is 17.7 Å². The highest BCUT2D eigenvalue weighted by molar-refractivity contribution is 5.64. The zero-order valence-corrected chi connectivity index (χ0v) is 11.3. The topological polar surface area (TPSA) is 36.1 Å². The first-order chi connectivity index (χ1) is 8.71. The molecule has 0 aromatic heterocycles. The molecule has 98 valence electrons. The Morgan fingerprint density at radius 2 is 2.22 bits per heavy atom. The lowest BCUT2D eigenvalue weighted by Gasteiger charge is -2.25. The predicted octanol–water partition coefficient (Wildman–Crippen LogP) is 1.84. The number of rotatable bonds is 3. The molecule has 1 aromatic carbocycles. The van der Waals surface area contributed by atoms with Crippen LogP contribution in [0.3, 0.4) is 0 Å². The van der Waals surface area contributed by atoms with Gasteiger partial charge in [-0.1, -0.05) is 26.0 Å². The van der Waals surface area contributed by atoms with E-state index in [0.29, 0.717) is 11.5 Å². The van der Waals surface area contributed by atoms with Gasteiger partial charge in [0.1, 0.15) is 0 Å². The highest BCUT2D eigenvalue weighted by atomic mass is 15.0. The fraction of sp³-hybridized carbons (Fsp3) is 0.600. The summed E-state index contributed by atoms with van der Waals surface area (Å²) in [6.45, 7) is 8.74. The normalized spacial score (nSPS) is 25.7. The second-order valence-electron chi connectivity index (χ2n) is 5.94. The standard InChI is InChI=1S/C15H23N3/c1-11(2)17-8-12-4-3-5-13-14(12)15(10-18-13)6-7-16-9-15/h3-5,11,16-18H,6-10H2,1-2H3/t15-/m1/s1. The summed E-state index contributed by atoms with van der Waals surface area (Å²) < 4.78 is 0. The summed E-state index contributed by atoms with van der Waals surface area (Å²) in [5.41, 5.74) is 4.71. The molecule has 0 amide bonds. The number of fused-ring (bicyclic) bond motifs is 2. The van der Waals surface area contributed by atoms with Gasteiger partial charge in [-0.25, -0.2) is 0 Å². The molecule has 1 spiro atoms. The van der Waals surface area contributed by atoms with E-state index in [9.17, 15) is 0 Å². The van der Waals surface area contributed by atoms with E-state index >= 15 is 0 Å².